The summed E-state index contributed by atoms with van der Waals surface area (Å²) in [6, 6.07) is 13.9. The maximum Gasteiger partial charge on any atom is 0.251 e. The van der Waals surface area contributed by atoms with Crippen LogP contribution in [0.1, 0.15) is 95.1 Å². The van der Waals surface area contributed by atoms with E-state index >= 15 is 8.78 Å². The van der Waals surface area contributed by atoms with Gasteiger partial charge >= 0.3 is 0 Å². The number of rotatable bonds is 9. The van der Waals surface area contributed by atoms with Crippen molar-refractivity contribution in [1.29, 1.82) is 0 Å². The number of benzene rings is 2. The predicted molar refractivity (Wildman–Crippen MR) is 137 cm³/mol. The lowest BCUT2D eigenvalue weighted by atomic mass is 9.73. The third kappa shape index (κ3) is 6.70. The van der Waals surface area contributed by atoms with Gasteiger partial charge in [-0.3, -0.25) is 0 Å². The van der Waals surface area contributed by atoms with Crippen LogP contribution in [0.4, 0.5) is 13.2 Å². The van der Waals surface area contributed by atoms with Crippen LogP contribution in [0.3, 0.4) is 0 Å². The zero-order valence-corrected chi connectivity index (χ0v) is 21.4. The summed E-state index contributed by atoms with van der Waals surface area (Å²) in [7, 11) is 0. The van der Waals surface area contributed by atoms with E-state index in [9.17, 15) is 4.39 Å². The minimum Gasteiger partial charge on any atom is -0.378 e. The van der Waals surface area contributed by atoms with Crippen LogP contribution in [-0.2, 0) is 11.2 Å². The molecule has 0 spiro atoms. The van der Waals surface area contributed by atoms with Crippen LogP contribution in [0.2, 0.25) is 0 Å². The first kappa shape index (κ1) is 26.3. The standard InChI is InChI=1S/C31H41F3O/c1-3-19-35-29-17-15-28(16-18-29)31(33,34)21-22-5-7-24(8-6-22)25-10-12-26(13-11-25)27-14-9-23(4-2)30(32)20-27/h9-14,20,22,24,28-29H,3-8,15-19,21H2,1-2H3. The van der Waals surface area contributed by atoms with E-state index in [1.807, 2.05) is 19.1 Å². The van der Waals surface area contributed by atoms with Crippen molar-refractivity contribution in [1.82, 2.24) is 0 Å². The molecule has 0 unspecified atom stereocenters. The minimum atomic E-state index is -2.56. The quantitative estimate of drug-likeness (QED) is 0.343. The van der Waals surface area contributed by atoms with E-state index in [1.165, 1.54) is 5.56 Å². The molecular formula is C31H41F3O. The summed E-state index contributed by atoms with van der Waals surface area (Å²) in [5.41, 5.74) is 3.91. The molecular weight excluding hydrogens is 445 g/mol. The third-order valence-corrected chi connectivity index (χ3v) is 8.39. The first-order chi connectivity index (χ1) is 16.9. The Labute approximate surface area is 209 Å². The number of hydrogen-bond donors (Lipinski definition) is 0. The Balaban J connectivity index is 1.27. The Morgan fingerprint density at radius 1 is 0.829 bits per heavy atom. The third-order valence-electron chi connectivity index (χ3n) is 8.39. The van der Waals surface area contributed by atoms with Crippen LogP contribution in [-0.4, -0.2) is 18.6 Å². The van der Waals surface area contributed by atoms with Gasteiger partial charge in [0.15, 0.2) is 0 Å². The molecule has 0 bridgehead atoms. The molecule has 4 rings (SSSR count). The molecule has 0 saturated heterocycles. The van der Waals surface area contributed by atoms with Crippen molar-refractivity contribution < 1.29 is 17.9 Å². The average Bonchev–Trinajstić information content (AvgIpc) is 2.88. The van der Waals surface area contributed by atoms with Crippen molar-refractivity contribution in [2.24, 2.45) is 11.8 Å². The molecule has 0 radical (unpaired) electrons. The molecule has 0 N–H and O–H groups in total. The summed E-state index contributed by atoms with van der Waals surface area (Å²) in [6.07, 6.45) is 8.32. The Kier molecular flexibility index (Phi) is 8.97. The van der Waals surface area contributed by atoms with Gasteiger partial charge in [-0.15, -0.1) is 0 Å². The fourth-order valence-corrected chi connectivity index (χ4v) is 6.15. The van der Waals surface area contributed by atoms with Crippen LogP contribution in [0.15, 0.2) is 42.5 Å². The minimum absolute atomic E-state index is 0.0448. The van der Waals surface area contributed by atoms with E-state index in [4.69, 9.17) is 4.74 Å². The SMILES string of the molecule is CCCOC1CCC(C(F)(F)CC2CCC(c3ccc(-c4ccc(CC)c(F)c4)cc3)CC2)CC1. The summed E-state index contributed by atoms with van der Waals surface area (Å²) in [5.74, 6) is -2.64. The highest BCUT2D eigenvalue weighted by Crippen LogP contribution is 2.45. The second-order valence-electron chi connectivity index (χ2n) is 10.8. The molecule has 0 heterocycles. The van der Waals surface area contributed by atoms with E-state index in [0.29, 0.717) is 25.2 Å². The largest absolute Gasteiger partial charge is 0.378 e. The number of aryl methyl sites for hydroxylation is 1. The summed E-state index contributed by atoms with van der Waals surface area (Å²) >= 11 is 0. The molecule has 35 heavy (non-hydrogen) atoms. The Morgan fingerprint density at radius 3 is 2.09 bits per heavy atom. The summed E-state index contributed by atoms with van der Waals surface area (Å²) in [4.78, 5) is 0. The van der Waals surface area contributed by atoms with Gasteiger partial charge in [-0.1, -0.05) is 50.2 Å². The monoisotopic (exact) mass is 486 g/mol. The van der Waals surface area contributed by atoms with Crippen LogP contribution < -0.4 is 0 Å². The number of alkyl halides is 2. The van der Waals surface area contributed by atoms with Crippen LogP contribution in [0, 0.1) is 17.7 Å². The van der Waals surface area contributed by atoms with Gasteiger partial charge in [-0.25, -0.2) is 13.2 Å². The van der Waals surface area contributed by atoms with Gasteiger partial charge in [0, 0.05) is 18.9 Å². The van der Waals surface area contributed by atoms with Gasteiger partial charge in [-0.05, 0) is 104 Å². The molecule has 2 aromatic carbocycles. The van der Waals surface area contributed by atoms with Crippen LogP contribution in [0.25, 0.3) is 11.1 Å². The second-order valence-corrected chi connectivity index (χ2v) is 10.8. The van der Waals surface area contributed by atoms with Crippen molar-refractivity contribution in [2.75, 3.05) is 6.61 Å². The van der Waals surface area contributed by atoms with E-state index in [2.05, 4.69) is 31.2 Å². The van der Waals surface area contributed by atoms with Gasteiger partial charge < -0.3 is 4.74 Å². The summed E-state index contributed by atoms with van der Waals surface area (Å²) in [6.45, 7) is 4.78. The van der Waals surface area contributed by atoms with Gasteiger partial charge in [0.05, 0.1) is 6.10 Å². The molecule has 2 aliphatic carbocycles. The molecule has 2 aliphatic rings. The van der Waals surface area contributed by atoms with E-state index in [-0.39, 0.29) is 24.3 Å². The van der Waals surface area contributed by atoms with Crippen molar-refractivity contribution >= 4 is 0 Å². The maximum absolute atomic E-state index is 15.1. The molecule has 2 saturated carbocycles. The van der Waals surface area contributed by atoms with E-state index in [1.54, 1.807) is 6.07 Å². The number of hydrogen-bond acceptors (Lipinski definition) is 1. The Morgan fingerprint density at radius 2 is 1.49 bits per heavy atom. The zero-order valence-electron chi connectivity index (χ0n) is 21.4. The number of ether oxygens (including phenoxy) is 1. The predicted octanol–water partition coefficient (Wildman–Crippen LogP) is 9.34. The van der Waals surface area contributed by atoms with Gasteiger partial charge in [0.25, 0.3) is 5.92 Å². The van der Waals surface area contributed by atoms with E-state index in [0.717, 1.165) is 68.2 Å². The lowest BCUT2D eigenvalue weighted by molar-refractivity contribution is -0.105. The second kappa shape index (κ2) is 12.0. The van der Waals surface area contributed by atoms with Crippen molar-refractivity contribution in [3.05, 3.63) is 59.4 Å². The molecule has 2 fully saturated rings. The fraction of sp³-hybridized carbons (Fsp3) is 0.613. The zero-order chi connectivity index (χ0) is 24.8. The molecule has 0 atom stereocenters. The van der Waals surface area contributed by atoms with E-state index < -0.39 is 11.8 Å². The lowest BCUT2D eigenvalue weighted by Crippen LogP contribution is -2.36. The molecule has 0 aromatic heterocycles. The average molecular weight is 487 g/mol. The topological polar surface area (TPSA) is 9.23 Å². The van der Waals surface area contributed by atoms with Crippen molar-refractivity contribution in [2.45, 2.75) is 102 Å². The summed E-state index contributed by atoms with van der Waals surface area (Å²) < 4.78 is 50.2. The molecule has 4 heteroatoms. The van der Waals surface area contributed by atoms with Crippen LogP contribution >= 0.6 is 0 Å². The fourth-order valence-electron chi connectivity index (χ4n) is 6.15. The Bertz CT molecular complexity index is 923. The van der Waals surface area contributed by atoms with Crippen molar-refractivity contribution in [3.63, 3.8) is 0 Å². The first-order valence-electron chi connectivity index (χ1n) is 13.8. The lowest BCUT2D eigenvalue weighted by Gasteiger charge is -2.37. The van der Waals surface area contributed by atoms with Gasteiger partial charge in [0.1, 0.15) is 5.82 Å². The van der Waals surface area contributed by atoms with Gasteiger partial charge in [0.2, 0.25) is 0 Å². The molecule has 192 valence electrons. The first-order valence-corrected chi connectivity index (χ1v) is 13.8. The maximum atomic E-state index is 15.1. The summed E-state index contributed by atoms with van der Waals surface area (Å²) in [5, 5.41) is 0. The Hall–Kier alpha value is -1.81. The van der Waals surface area contributed by atoms with Crippen molar-refractivity contribution in [3.8, 4) is 11.1 Å². The highest BCUT2D eigenvalue weighted by molar-refractivity contribution is 5.64. The molecule has 0 aliphatic heterocycles. The normalized spacial score (nSPS) is 25.5. The van der Waals surface area contributed by atoms with Gasteiger partial charge in [-0.2, -0.15) is 0 Å². The molecule has 2 aromatic rings. The van der Waals surface area contributed by atoms with Crippen LogP contribution in [0.5, 0.6) is 0 Å². The number of halogens is 3. The highest BCUT2D eigenvalue weighted by Gasteiger charge is 2.43. The highest BCUT2D eigenvalue weighted by atomic mass is 19.3. The molecule has 1 nitrogen and oxygen atoms in total. The smallest absolute Gasteiger partial charge is 0.251 e. The molecule has 0 amide bonds.